The molecule has 1 saturated heterocycles. The van der Waals surface area contributed by atoms with Crippen molar-refractivity contribution in [1.82, 2.24) is 9.99 Å². The monoisotopic (exact) mass is 368 g/mol. The van der Waals surface area contributed by atoms with E-state index in [1.165, 1.54) is 6.92 Å². The van der Waals surface area contributed by atoms with Crippen molar-refractivity contribution < 1.29 is 22.8 Å². The van der Waals surface area contributed by atoms with E-state index < -0.39 is 23.6 Å². The number of hydrogen-bond donors (Lipinski definition) is 1. The van der Waals surface area contributed by atoms with Crippen LogP contribution < -0.4 is 10.3 Å². The summed E-state index contributed by atoms with van der Waals surface area (Å²) in [5, 5.41) is 0.744. The van der Waals surface area contributed by atoms with Crippen LogP contribution in [0.2, 0.25) is 0 Å². The average Bonchev–Trinajstić information content (AvgIpc) is 3.14. The molecule has 0 aliphatic carbocycles. The first-order valence-corrected chi connectivity index (χ1v) is 8.37. The molecule has 2 aliphatic heterocycles. The van der Waals surface area contributed by atoms with Crippen LogP contribution in [-0.4, -0.2) is 34.9 Å². The number of imide groups is 1. The summed E-state index contributed by atoms with van der Waals surface area (Å²) in [5.41, 5.74) is 1.94. The normalized spacial score (nSPS) is 20.8. The Balaban J connectivity index is 1.90. The van der Waals surface area contributed by atoms with Crippen LogP contribution >= 0.6 is 0 Å². The molecule has 140 valence electrons. The second kappa shape index (κ2) is 6.62. The number of rotatable bonds is 4. The van der Waals surface area contributed by atoms with E-state index in [2.05, 4.69) is 10.4 Å². The lowest BCUT2D eigenvalue weighted by molar-refractivity contribution is -0.138. The van der Waals surface area contributed by atoms with E-state index in [9.17, 15) is 22.8 Å². The summed E-state index contributed by atoms with van der Waals surface area (Å²) in [6.45, 7) is 4.48. The molecule has 1 N–H and O–H groups in total. The Kier molecular flexibility index (Phi) is 4.64. The summed E-state index contributed by atoms with van der Waals surface area (Å²) < 4.78 is 40.1. The molecule has 1 atom stereocenters. The van der Waals surface area contributed by atoms with E-state index >= 15 is 0 Å². The number of carbonyl (C=O) groups excluding carboxylic acids is 2. The largest absolute Gasteiger partial charge is 0.419 e. The van der Waals surface area contributed by atoms with Crippen molar-refractivity contribution in [3.05, 3.63) is 29.3 Å². The smallest absolute Gasteiger partial charge is 0.356 e. The van der Waals surface area contributed by atoms with Crippen molar-refractivity contribution in [1.29, 1.82) is 0 Å². The van der Waals surface area contributed by atoms with Crippen molar-refractivity contribution in [3.63, 3.8) is 0 Å². The average molecular weight is 368 g/mol. The second-order valence-corrected chi connectivity index (χ2v) is 6.49. The fourth-order valence-corrected chi connectivity index (χ4v) is 3.14. The molecule has 0 radical (unpaired) electrons. The van der Waals surface area contributed by atoms with Crippen molar-refractivity contribution >= 4 is 23.5 Å². The molecule has 6 nitrogen and oxygen atoms in total. The van der Waals surface area contributed by atoms with Gasteiger partial charge in [0.2, 0.25) is 0 Å². The third-order valence-corrected chi connectivity index (χ3v) is 4.67. The molecule has 0 saturated carbocycles. The molecule has 0 aromatic carbocycles. The maximum atomic E-state index is 13.4. The maximum Gasteiger partial charge on any atom is 0.419 e. The zero-order valence-electron chi connectivity index (χ0n) is 14.4. The Bertz CT molecular complexity index is 776. The molecule has 26 heavy (non-hydrogen) atoms. The standard InChI is InChI=1S/C17H19F3N4O2/c1-3-11-6-7-23(9-11)15-12(17(18,19)20)4-5-13(21-15)22-24-14(25)8-10(2)16(24)26/h4-5,8,11H,3,6-7,9H2,1-2H3,(H,21,22)/t11-/m1/s1. The van der Waals surface area contributed by atoms with E-state index in [0.717, 1.165) is 36.1 Å². The second-order valence-electron chi connectivity index (χ2n) is 6.49. The quantitative estimate of drug-likeness (QED) is 0.828. The number of halogens is 3. The first-order chi connectivity index (χ1) is 12.2. The number of carbonyl (C=O) groups is 2. The highest BCUT2D eigenvalue weighted by Crippen LogP contribution is 2.38. The van der Waals surface area contributed by atoms with Gasteiger partial charge in [-0.2, -0.15) is 18.2 Å². The van der Waals surface area contributed by atoms with Gasteiger partial charge in [0.25, 0.3) is 11.8 Å². The number of aromatic nitrogens is 1. The number of hydrazine groups is 1. The van der Waals surface area contributed by atoms with Crippen LogP contribution in [0.5, 0.6) is 0 Å². The van der Waals surface area contributed by atoms with Gasteiger partial charge in [0.05, 0.1) is 5.56 Å². The molecule has 0 bridgehead atoms. The van der Waals surface area contributed by atoms with Crippen LogP contribution in [0.15, 0.2) is 23.8 Å². The molecule has 1 fully saturated rings. The Morgan fingerprint density at radius 2 is 2.04 bits per heavy atom. The zero-order chi connectivity index (χ0) is 19.1. The van der Waals surface area contributed by atoms with Crippen LogP contribution in [-0.2, 0) is 15.8 Å². The van der Waals surface area contributed by atoms with Gasteiger partial charge in [-0.15, -0.1) is 0 Å². The van der Waals surface area contributed by atoms with Crippen LogP contribution in [0.25, 0.3) is 0 Å². The predicted octanol–water partition coefficient (Wildman–Crippen LogP) is 2.98. The van der Waals surface area contributed by atoms with E-state index in [1.54, 1.807) is 4.90 Å². The molecular weight excluding hydrogens is 349 g/mol. The summed E-state index contributed by atoms with van der Waals surface area (Å²) in [5.74, 6) is -0.975. The molecule has 3 heterocycles. The number of hydrogen-bond acceptors (Lipinski definition) is 5. The summed E-state index contributed by atoms with van der Waals surface area (Å²) in [7, 11) is 0. The minimum atomic E-state index is -4.54. The van der Waals surface area contributed by atoms with Crippen molar-refractivity contribution in [2.75, 3.05) is 23.4 Å². The highest BCUT2D eigenvalue weighted by Gasteiger charge is 2.38. The van der Waals surface area contributed by atoms with Crippen LogP contribution in [0.1, 0.15) is 32.3 Å². The van der Waals surface area contributed by atoms with E-state index in [1.807, 2.05) is 6.92 Å². The Labute approximate surface area is 148 Å². The number of anilines is 2. The lowest BCUT2D eigenvalue weighted by Crippen LogP contribution is -2.37. The number of nitrogens with zero attached hydrogens (tertiary/aromatic N) is 3. The third kappa shape index (κ3) is 3.38. The van der Waals surface area contributed by atoms with Crippen molar-refractivity contribution in [2.24, 2.45) is 5.92 Å². The fraction of sp³-hybridized carbons (Fsp3) is 0.471. The molecule has 3 rings (SSSR count). The van der Waals surface area contributed by atoms with E-state index in [4.69, 9.17) is 0 Å². The van der Waals surface area contributed by atoms with Gasteiger partial charge < -0.3 is 4.90 Å². The van der Waals surface area contributed by atoms with E-state index in [0.29, 0.717) is 19.0 Å². The topological polar surface area (TPSA) is 65.5 Å². The van der Waals surface area contributed by atoms with Crippen LogP contribution in [0.3, 0.4) is 0 Å². The molecule has 1 aromatic rings. The molecule has 2 amide bonds. The van der Waals surface area contributed by atoms with Gasteiger partial charge in [-0.05, 0) is 31.4 Å². The van der Waals surface area contributed by atoms with Gasteiger partial charge in [-0.25, -0.2) is 4.98 Å². The van der Waals surface area contributed by atoms with Crippen molar-refractivity contribution in [3.8, 4) is 0 Å². The number of alkyl halides is 3. The summed E-state index contributed by atoms with van der Waals surface area (Å²) >= 11 is 0. The lowest BCUT2D eigenvalue weighted by Gasteiger charge is -2.24. The molecule has 1 aromatic heterocycles. The minimum absolute atomic E-state index is 0.0118. The number of nitrogens with one attached hydrogen (secondary N) is 1. The molecule has 0 spiro atoms. The lowest BCUT2D eigenvalue weighted by atomic mass is 10.1. The maximum absolute atomic E-state index is 13.4. The summed E-state index contributed by atoms with van der Waals surface area (Å²) in [4.78, 5) is 29.4. The summed E-state index contributed by atoms with van der Waals surface area (Å²) in [6.07, 6.45) is -1.69. The van der Waals surface area contributed by atoms with Crippen LogP contribution in [0.4, 0.5) is 24.8 Å². The predicted molar refractivity (Wildman–Crippen MR) is 89.1 cm³/mol. The highest BCUT2D eigenvalue weighted by atomic mass is 19.4. The van der Waals surface area contributed by atoms with Crippen molar-refractivity contribution in [2.45, 2.75) is 32.9 Å². The van der Waals surface area contributed by atoms with Crippen LogP contribution in [0, 0.1) is 5.92 Å². The highest BCUT2D eigenvalue weighted by molar-refractivity contribution is 6.16. The summed E-state index contributed by atoms with van der Waals surface area (Å²) in [6, 6.07) is 2.04. The fourth-order valence-electron chi connectivity index (χ4n) is 3.14. The van der Waals surface area contributed by atoms with Gasteiger partial charge in [-0.1, -0.05) is 13.3 Å². The first kappa shape index (κ1) is 18.2. The SMILES string of the molecule is CC[C@@H]1CCN(c2nc(NN3C(=O)C=C(C)C3=O)ccc2C(F)(F)F)C1. The number of pyridine rings is 1. The van der Waals surface area contributed by atoms with Gasteiger partial charge in [0.15, 0.2) is 0 Å². The minimum Gasteiger partial charge on any atom is -0.356 e. The molecule has 0 unspecified atom stereocenters. The molecule has 2 aliphatic rings. The Morgan fingerprint density at radius 1 is 1.31 bits per heavy atom. The van der Waals surface area contributed by atoms with E-state index in [-0.39, 0.29) is 17.2 Å². The third-order valence-electron chi connectivity index (χ3n) is 4.67. The Hall–Kier alpha value is -2.58. The van der Waals surface area contributed by atoms with Gasteiger partial charge in [-0.3, -0.25) is 15.0 Å². The molecular formula is C17H19F3N4O2. The van der Waals surface area contributed by atoms with Gasteiger partial charge in [0, 0.05) is 24.7 Å². The molecule has 9 heteroatoms. The van der Waals surface area contributed by atoms with Gasteiger partial charge >= 0.3 is 6.18 Å². The first-order valence-electron chi connectivity index (χ1n) is 8.37. The van der Waals surface area contributed by atoms with Gasteiger partial charge in [0.1, 0.15) is 11.6 Å². The Morgan fingerprint density at radius 3 is 2.58 bits per heavy atom. The number of amides is 2. The zero-order valence-corrected chi connectivity index (χ0v) is 14.4.